The molecule has 1 N–H and O–H groups in total. The van der Waals surface area contributed by atoms with E-state index in [4.69, 9.17) is 27.9 Å². The minimum atomic E-state index is -0.688. The molecule has 0 heterocycles. The number of amides is 1. The maximum absolute atomic E-state index is 12.2. The lowest BCUT2D eigenvalue weighted by atomic mass is 10.2. The molecule has 0 spiro atoms. The molecule has 0 aliphatic heterocycles. The van der Waals surface area contributed by atoms with Crippen LogP contribution >= 0.6 is 55.1 Å². The molecule has 0 aromatic heterocycles. The fourth-order valence-corrected chi connectivity index (χ4v) is 4.54. The molecule has 1 amide bonds. The fourth-order valence-electron chi connectivity index (χ4n) is 2.63. The first-order chi connectivity index (χ1) is 15.3. The van der Waals surface area contributed by atoms with E-state index in [1.165, 1.54) is 30.5 Å². The van der Waals surface area contributed by atoms with Gasteiger partial charge in [-0.05, 0) is 67.8 Å². The van der Waals surface area contributed by atoms with Crippen LogP contribution in [0, 0.1) is 10.1 Å². The molecule has 3 aromatic carbocycles. The van der Waals surface area contributed by atoms with Crippen molar-refractivity contribution >= 4 is 72.9 Å². The Morgan fingerprint density at radius 2 is 1.81 bits per heavy atom. The van der Waals surface area contributed by atoms with Crippen molar-refractivity contribution in [1.29, 1.82) is 0 Å². The monoisotopic (exact) mass is 599 g/mol. The molecule has 0 radical (unpaired) electrons. The van der Waals surface area contributed by atoms with Crippen LogP contribution in [0.15, 0.2) is 68.6 Å². The largest absolute Gasteiger partial charge is 0.486 e. The number of hydrazone groups is 1. The number of halogens is 4. The Morgan fingerprint density at radius 1 is 1.12 bits per heavy atom. The lowest BCUT2D eigenvalue weighted by Crippen LogP contribution is -2.18. The Bertz CT molecular complexity index is 1200. The Labute approximate surface area is 209 Å². The molecule has 0 fully saturated rings. The lowest BCUT2D eigenvalue weighted by Gasteiger charge is -2.12. The molecular weight excluding hydrogens is 589 g/mol. The van der Waals surface area contributed by atoms with Gasteiger partial charge in [-0.2, -0.15) is 5.10 Å². The van der Waals surface area contributed by atoms with Crippen LogP contribution in [0.3, 0.4) is 0 Å². The van der Waals surface area contributed by atoms with Crippen LogP contribution < -0.4 is 10.2 Å². The van der Waals surface area contributed by atoms with Gasteiger partial charge in [-0.3, -0.25) is 14.9 Å². The van der Waals surface area contributed by atoms with Gasteiger partial charge in [-0.25, -0.2) is 5.43 Å². The van der Waals surface area contributed by atoms with E-state index in [0.717, 1.165) is 5.56 Å². The minimum Gasteiger partial charge on any atom is -0.486 e. The third-order valence-electron chi connectivity index (χ3n) is 4.13. The SMILES string of the molecule is O=C(N/N=C\c1cc(Br)c(OCc2ccc(Cl)cc2Cl)c(Br)c1)c1ccccc1[N+](=O)[O-]. The number of hydrogen-bond acceptors (Lipinski definition) is 5. The number of ether oxygens (including phenoxy) is 1. The maximum atomic E-state index is 12.2. The summed E-state index contributed by atoms with van der Waals surface area (Å²) in [6.45, 7) is 0.229. The zero-order valence-electron chi connectivity index (χ0n) is 16.0. The van der Waals surface area contributed by atoms with Gasteiger partial charge < -0.3 is 4.74 Å². The van der Waals surface area contributed by atoms with Gasteiger partial charge in [0.05, 0.1) is 20.1 Å². The van der Waals surface area contributed by atoms with Crippen LogP contribution in [-0.4, -0.2) is 17.0 Å². The van der Waals surface area contributed by atoms with Gasteiger partial charge in [0.2, 0.25) is 0 Å². The lowest BCUT2D eigenvalue weighted by molar-refractivity contribution is -0.385. The number of nitro benzene ring substituents is 1. The highest BCUT2D eigenvalue weighted by molar-refractivity contribution is 9.11. The third kappa shape index (κ3) is 6.07. The van der Waals surface area contributed by atoms with Gasteiger partial charge in [0, 0.05) is 21.7 Å². The predicted molar refractivity (Wildman–Crippen MR) is 131 cm³/mol. The van der Waals surface area contributed by atoms with Crippen molar-refractivity contribution < 1.29 is 14.5 Å². The summed E-state index contributed by atoms with van der Waals surface area (Å²) < 4.78 is 7.15. The van der Waals surface area contributed by atoms with Gasteiger partial charge in [0.15, 0.2) is 0 Å². The van der Waals surface area contributed by atoms with Crippen LogP contribution in [0.1, 0.15) is 21.5 Å². The van der Waals surface area contributed by atoms with Gasteiger partial charge in [-0.1, -0.05) is 41.4 Å². The van der Waals surface area contributed by atoms with Gasteiger partial charge >= 0.3 is 0 Å². The number of benzene rings is 3. The summed E-state index contributed by atoms with van der Waals surface area (Å²) in [5, 5.41) is 16.0. The van der Waals surface area contributed by atoms with Gasteiger partial charge in [0.1, 0.15) is 17.9 Å². The zero-order chi connectivity index (χ0) is 23.3. The molecule has 0 bridgehead atoms. The number of carbonyl (C=O) groups excluding carboxylic acids is 1. The highest BCUT2D eigenvalue weighted by Gasteiger charge is 2.18. The number of rotatable bonds is 7. The number of carbonyl (C=O) groups is 1. The first-order valence-corrected chi connectivity index (χ1v) is 11.2. The molecule has 0 saturated heterocycles. The summed E-state index contributed by atoms with van der Waals surface area (Å²) in [4.78, 5) is 22.7. The molecule has 164 valence electrons. The van der Waals surface area contributed by atoms with E-state index in [-0.39, 0.29) is 17.9 Å². The second kappa shape index (κ2) is 10.9. The average Bonchev–Trinajstić information content (AvgIpc) is 2.74. The van der Waals surface area contributed by atoms with Crippen molar-refractivity contribution in [3.8, 4) is 5.75 Å². The predicted octanol–water partition coefficient (Wildman–Crippen LogP) is 6.77. The quantitative estimate of drug-likeness (QED) is 0.184. The molecule has 3 aromatic rings. The summed E-state index contributed by atoms with van der Waals surface area (Å²) in [7, 11) is 0. The second-order valence-electron chi connectivity index (χ2n) is 6.31. The van der Waals surface area contributed by atoms with Crippen molar-refractivity contribution in [3.63, 3.8) is 0 Å². The van der Waals surface area contributed by atoms with Crippen LogP contribution in [0.25, 0.3) is 0 Å². The molecule has 0 unspecified atom stereocenters. The third-order valence-corrected chi connectivity index (χ3v) is 5.90. The molecular formula is C21H13Br2Cl2N3O4. The minimum absolute atomic E-state index is 0.0818. The normalized spacial score (nSPS) is 10.9. The summed E-state index contributed by atoms with van der Waals surface area (Å²) in [6, 6.07) is 14.3. The fraction of sp³-hybridized carbons (Fsp3) is 0.0476. The van der Waals surface area contributed by atoms with Gasteiger partial charge in [-0.15, -0.1) is 0 Å². The average molecular weight is 602 g/mol. The molecule has 11 heteroatoms. The summed E-state index contributed by atoms with van der Waals surface area (Å²) in [6.07, 6.45) is 1.40. The second-order valence-corrected chi connectivity index (χ2v) is 8.86. The number of nitro groups is 1. The van der Waals surface area contributed by atoms with E-state index in [2.05, 4.69) is 42.4 Å². The Kier molecular flexibility index (Phi) is 8.25. The number of hydrogen-bond donors (Lipinski definition) is 1. The van der Waals surface area contributed by atoms with E-state index in [0.29, 0.717) is 30.3 Å². The van der Waals surface area contributed by atoms with Crippen LogP contribution in [-0.2, 0) is 6.61 Å². The Morgan fingerprint density at radius 3 is 2.47 bits per heavy atom. The Hall–Kier alpha value is -2.46. The standard InChI is InChI=1S/C21H13Br2Cl2N3O4/c22-16-7-12(10-26-27-21(29)15-3-1-2-4-19(15)28(30)31)8-17(23)20(16)32-11-13-5-6-14(24)9-18(13)25/h1-10H,11H2,(H,27,29)/b26-10-. The summed E-state index contributed by atoms with van der Waals surface area (Å²) in [5.41, 5.74) is 3.33. The molecule has 0 saturated carbocycles. The molecule has 7 nitrogen and oxygen atoms in total. The van der Waals surface area contributed by atoms with Crippen LogP contribution in [0.2, 0.25) is 10.0 Å². The van der Waals surface area contributed by atoms with E-state index in [1.54, 1.807) is 30.3 Å². The number of para-hydroxylation sites is 1. The maximum Gasteiger partial charge on any atom is 0.282 e. The topological polar surface area (TPSA) is 93.8 Å². The highest BCUT2D eigenvalue weighted by Crippen LogP contribution is 2.35. The number of nitrogens with zero attached hydrogens (tertiary/aromatic N) is 2. The molecule has 32 heavy (non-hydrogen) atoms. The van der Waals surface area contributed by atoms with E-state index < -0.39 is 10.8 Å². The highest BCUT2D eigenvalue weighted by atomic mass is 79.9. The van der Waals surface area contributed by atoms with Crippen LogP contribution in [0.4, 0.5) is 5.69 Å². The van der Waals surface area contributed by atoms with Crippen LogP contribution in [0.5, 0.6) is 5.75 Å². The molecule has 3 rings (SSSR count). The van der Waals surface area contributed by atoms with E-state index in [1.807, 2.05) is 0 Å². The van der Waals surface area contributed by atoms with E-state index in [9.17, 15) is 14.9 Å². The molecule has 0 aliphatic rings. The van der Waals surface area contributed by atoms with E-state index >= 15 is 0 Å². The summed E-state index contributed by atoms with van der Waals surface area (Å²) in [5.74, 6) is -0.136. The van der Waals surface area contributed by atoms with Crippen molar-refractivity contribution in [3.05, 3.63) is 100 Å². The molecule has 0 aliphatic carbocycles. The summed E-state index contributed by atoms with van der Waals surface area (Å²) >= 11 is 19.0. The van der Waals surface area contributed by atoms with Crippen molar-refractivity contribution in [2.75, 3.05) is 0 Å². The zero-order valence-corrected chi connectivity index (χ0v) is 20.7. The van der Waals surface area contributed by atoms with Gasteiger partial charge in [0.25, 0.3) is 11.6 Å². The first kappa shape index (κ1) is 24.2. The first-order valence-electron chi connectivity index (χ1n) is 8.89. The molecule has 0 atom stereocenters. The smallest absolute Gasteiger partial charge is 0.282 e. The van der Waals surface area contributed by atoms with Crippen molar-refractivity contribution in [2.45, 2.75) is 6.61 Å². The number of nitrogens with one attached hydrogen (secondary N) is 1. The Balaban J connectivity index is 1.69. The van der Waals surface area contributed by atoms with Crippen molar-refractivity contribution in [1.82, 2.24) is 5.43 Å². The van der Waals surface area contributed by atoms with Crippen molar-refractivity contribution in [2.24, 2.45) is 5.10 Å².